The van der Waals surface area contributed by atoms with Crippen molar-refractivity contribution in [1.82, 2.24) is 9.78 Å². The molecule has 1 aromatic carbocycles. The lowest BCUT2D eigenvalue weighted by atomic mass is 10.2. The minimum atomic E-state index is -4.44. The highest BCUT2D eigenvalue weighted by Crippen LogP contribution is 2.31. The smallest absolute Gasteiger partial charge is 0.221 e. The molecule has 0 amide bonds. The Hall–Kier alpha value is -2.00. The average molecular weight is 286 g/mol. The van der Waals surface area contributed by atoms with Crippen molar-refractivity contribution in [3.8, 4) is 11.8 Å². The number of alkyl halides is 3. The summed E-state index contributed by atoms with van der Waals surface area (Å²) >= 11 is 5.93. The van der Waals surface area contributed by atoms with Gasteiger partial charge in [0.15, 0.2) is 5.15 Å². The maximum absolute atomic E-state index is 12.6. The van der Waals surface area contributed by atoms with Gasteiger partial charge in [-0.25, -0.2) is 4.68 Å². The molecular weight excluding hydrogens is 279 g/mol. The minimum absolute atomic E-state index is 0.000625. The van der Waals surface area contributed by atoms with Crippen molar-refractivity contribution in [2.24, 2.45) is 0 Å². The highest BCUT2D eigenvalue weighted by molar-refractivity contribution is 6.31. The maximum atomic E-state index is 12.6. The molecule has 98 valence electrons. The Morgan fingerprint density at radius 3 is 2.58 bits per heavy atom. The molecule has 0 aliphatic carbocycles. The van der Waals surface area contributed by atoms with Gasteiger partial charge in [-0.05, 0) is 25.1 Å². The van der Waals surface area contributed by atoms with E-state index in [0.717, 1.165) is 16.8 Å². The fourth-order valence-electron chi connectivity index (χ4n) is 1.61. The van der Waals surface area contributed by atoms with E-state index >= 15 is 0 Å². The fourth-order valence-corrected chi connectivity index (χ4v) is 1.93. The molecule has 0 aliphatic rings. The lowest BCUT2D eigenvalue weighted by Crippen LogP contribution is -2.06. The first kappa shape index (κ1) is 13.4. The van der Waals surface area contributed by atoms with E-state index in [2.05, 4.69) is 5.10 Å². The Kier molecular flexibility index (Phi) is 3.25. The molecule has 2 aromatic rings. The lowest BCUT2D eigenvalue weighted by molar-refractivity contribution is -0.137. The second kappa shape index (κ2) is 4.59. The molecule has 0 unspecified atom stereocenters. The van der Waals surface area contributed by atoms with Crippen LogP contribution in [0, 0.1) is 18.3 Å². The summed E-state index contributed by atoms with van der Waals surface area (Å²) in [6, 6.07) is 6.45. The van der Waals surface area contributed by atoms with Crippen LogP contribution < -0.4 is 0 Å². The number of hydrogen-bond donors (Lipinski definition) is 0. The first-order chi connectivity index (χ1) is 8.84. The van der Waals surface area contributed by atoms with Gasteiger partial charge < -0.3 is 0 Å². The normalized spacial score (nSPS) is 11.4. The van der Waals surface area contributed by atoms with E-state index < -0.39 is 11.7 Å². The van der Waals surface area contributed by atoms with Gasteiger partial charge in [-0.3, -0.25) is 0 Å². The van der Waals surface area contributed by atoms with Gasteiger partial charge >= 0.3 is 6.18 Å². The molecule has 0 radical (unpaired) electrons. The van der Waals surface area contributed by atoms with Crippen LogP contribution in [0.5, 0.6) is 0 Å². The molecule has 1 aromatic heterocycles. The van der Waals surface area contributed by atoms with Gasteiger partial charge in [0.25, 0.3) is 0 Å². The van der Waals surface area contributed by atoms with E-state index in [4.69, 9.17) is 16.9 Å². The number of hydrogen-bond acceptors (Lipinski definition) is 2. The van der Waals surface area contributed by atoms with Crippen molar-refractivity contribution < 1.29 is 13.2 Å². The van der Waals surface area contributed by atoms with Gasteiger partial charge in [-0.2, -0.15) is 23.5 Å². The summed E-state index contributed by atoms with van der Waals surface area (Å²) in [4.78, 5) is 0. The molecule has 0 saturated heterocycles. The van der Waals surface area contributed by atoms with Gasteiger partial charge in [-0.15, -0.1) is 0 Å². The van der Waals surface area contributed by atoms with Crippen molar-refractivity contribution in [2.75, 3.05) is 0 Å². The monoisotopic (exact) mass is 285 g/mol. The van der Waals surface area contributed by atoms with Crippen LogP contribution in [0.2, 0.25) is 5.15 Å². The van der Waals surface area contributed by atoms with E-state index in [-0.39, 0.29) is 16.4 Å². The molecule has 7 heteroatoms. The Balaban J connectivity index is 2.58. The van der Waals surface area contributed by atoms with E-state index in [1.807, 2.05) is 6.07 Å². The molecule has 0 saturated carbocycles. The third-order valence-corrected chi connectivity index (χ3v) is 2.88. The van der Waals surface area contributed by atoms with Gasteiger partial charge in [-0.1, -0.05) is 17.7 Å². The highest BCUT2D eigenvalue weighted by Gasteiger charge is 2.30. The van der Waals surface area contributed by atoms with Crippen molar-refractivity contribution in [3.05, 3.63) is 46.2 Å². The maximum Gasteiger partial charge on any atom is 0.416 e. The Morgan fingerprint density at radius 1 is 1.37 bits per heavy atom. The topological polar surface area (TPSA) is 41.6 Å². The molecule has 2 rings (SSSR count). The molecular formula is C12H7ClF3N3. The highest BCUT2D eigenvalue weighted by atomic mass is 35.5. The van der Waals surface area contributed by atoms with Crippen LogP contribution in [0.1, 0.15) is 16.8 Å². The number of benzene rings is 1. The summed E-state index contributed by atoms with van der Waals surface area (Å²) in [7, 11) is 0. The van der Waals surface area contributed by atoms with Crippen LogP contribution in [0.3, 0.4) is 0 Å². The quantitative estimate of drug-likeness (QED) is 0.801. The number of halogens is 4. The molecule has 19 heavy (non-hydrogen) atoms. The number of nitriles is 1. The zero-order chi connectivity index (χ0) is 14.2. The number of rotatable bonds is 1. The molecule has 0 fully saturated rings. The number of aryl methyl sites for hydroxylation is 1. The van der Waals surface area contributed by atoms with E-state index in [1.165, 1.54) is 12.1 Å². The lowest BCUT2D eigenvalue weighted by Gasteiger charge is -2.09. The summed E-state index contributed by atoms with van der Waals surface area (Å²) in [5.41, 5.74) is -0.124. The van der Waals surface area contributed by atoms with Gasteiger partial charge in [0.2, 0.25) is 0 Å². The second-order valence-electron chi connectivity index (χ2n) is 3.82. The summed E-state index contributed by atoms with van der Waals surface area (Å²) in [6.45, 7) is 1.56. The predicted molar refractivity (Wildman–Crippen MR) is 63.0 cm³/mol. The predicted octanol–water partition coefficient (Wildman–Crippen LogP) is 3.72. The molecule has 3 nitrogen and oxygen atoms in total. The van der Waals surface area contributed by atoms with Crippen LogP contribution in [0.4, 0.5) is 13.2 Å². The Morgan fingerprint density at radius 2 is 2.05 bits per heavy atom. The van der Waals surface area contributed by atoms with Crippen molar-refractivity contribution >= 4 is 11.6 Å². The first-order valence-corrected chi connectivity index (χ1v) is 5.55. The molecule has 0 bridgehead atoms. The zero-order valence-electron chi connectivity index (χ0n) is 9.66. The Bertz CT molecular complexity index is 668. The average Bonchev–Trinajstić information content (AvgIpc) is 2.63. The summed E-state index contributed by atoms with van der Waals surface area (Å²) in [5.74, 6) is 0. The van der Waals surface area contributed by atoms with Crippen molar-refractivity contribution in [2.45, 2.75) is 13.1 Å². The van der Waals surface area contributed by atoms with E-state index in [0.29, 0.717) is 5.69 Å². The van der Waals surface area contributed by atoms with Gasteiger partial charge in [0.05, 0.1) is 16.9 Å². The van der Waals surface area contributed by atoms with Crippen LogP contribution in [0.15, 0.2) is 24.3 Å². The van der Waals surface area contributed by atoms with Crippen LogP contribution in [0.25, 0.3) is 5.69 Å². The van der Waals surface area contributed by atoms with Gasteiger partial charge in [0.1, 0.15) is 11.6 Å². The van der Waals surface area contributed by atoms with E-state index in [1.54, 1.807) is 6.92 Å². The Labute approximate surface area is 111 Å². The zero-order valence-corrected chi connectivity index (χ0v) is 10.4. The molecule has 0 aliphatic heterocycles. The van der Waals surface area contributed by atoms with Crippen molar-refractivity contribution in [3.63, 3.8) is 0 Å². The second-order valence-corrected chi connectivity index (χ2v) is 4.18. The number of nitrogens with zero attached hydrogens (tertiary/aromatic N) is 3. The SMILES string of the molecule is Cc1nn(-c2cccc(C(F)(F)F)c2)c(Cl)c1C#N. The third kappa shape index (κ3) is 2.42. The summed E-state index contributed by atoms with van der Waals surface area (Å²) in [5, 5.41) is 12.8. The summed E-state index contributed by atoms with van der Waals surface area (Å²) < 4.78 is 39.0. The van der Waals surface area contributed by atoms with Crippen molar-refractivity contribution in [1.29, 1.82) is 5.26 Å². The van der Waals surface area contributed by atoms with Gasteiger partial charge in [0, 0.05) is 0 Å². The van der Waals surface area contributed by atoms with E-state index in [9.17, 15) is 13.2 Å². The molecule has 0 atom stereocenters. The number of aromatic nitrogens is 2. The van der Waals surface area contributed by atoms with Crippen LogP contribution in [-0.2, 0) is 6.18 Å². The standard InChI is InChI=1S/C12H7ClF3N3/c1-7-10(6-17)11(13)19(18-7)9-4-2-3-8(5-9)12(14,15)16/h2-5H,1H3. The molecule has 0 spiro atoms. The van der Waals surface area contributed by atoms with Crippen LogP contribution in [-0.4, -0.2) is 9.78 Å². The fraction of sp³-hybridized carbons (Fsp3) is 0.167. The molecule has 1 heterocycles. The first-order valence-electron chi connectivity index (χ1n) is 5.17. The van der Waals surface area contributed by atoms with Crippen LogP contribution >= 0.6 is 11.6 Å². The largest absolute Gasteiger partial charge is 0.416 e. The minimum Gasteiger partial charge on any atom is -0.221 e. The molecule has 0 N–H and O–H groups in total. The third-order valence-electron chi connectivity index (χ3n) is 2.53. The summed E-state index contributed by atoms with van der Waals surface area (Å²) in [6.07, 6.45) is -4.44.